The van der Waals surface area contributed by atoms with E-state index >= 15 is 0 Å². The fraction of sp³-hybridized carbons (Fsp3) is 0.417. The van der Waals surface area contributed by atoms with Gasteiger partial charge in [-0.25, -0.2) is 0 Å². The number of halogens is 3. The number of rotatable bonds is 2. The highest BCUT2D eigenvalue weighted by atomic mass is 19.4. The normalized spacial score (nSPS) is 23.1. The van der Waals surface area contributed by atoms with Gasteiger partial charge < -0.3 is 10.5 Å². The van der Waals surface area contributed by atoms with Crippen LogP contribution in [0.2, 0.25) is 0 Å². The van der Waals surface area contributed by atoms with Gasteiger partial charge >= 0.3 is 6.18 Å². The maximum atomic E-state index is 12.5. The molecule has 3 nitrogen and oxygen atoms in total. The maximum Gasteiger partial charge on any atom is 0.417 e. The smallest absolute Gasteiger partial charge is 0.417 e. The van der Waals surface area contributed by atoms with E-state index in [1.807, 2.05) is 0 Å². The minimum atomic E-state index is -4.53. The molecule has 0 radical (unpaired) electrons. The first-order valence-electron chi connectivity index (χ1n) is 5.43. The average molecular weight is 256 g/mol. The quantitative estimate of drug-likeness (QED) is 0.884. The third-order valence-corrected chi connectivity index (χ3v) is 2.85. The van der Waals surface area contributed by atoms with Crippen LogP contribution in [0.3, 0.4) is 0 Å². The number of hydrogen-bond donors (Lipinski definition) is 1. The summed E-state index contributed by atoms with van der Waals surface area (Å²) in [6.45, 7) is 0. The number of alkyl halides is 3. The molecule has 0 spiro atoms. The van der Waals surface area contributed by atoms with E-state index < -0.39 is 17.3 Å². The molecular weight excluding hydrogens is 245 g/mol. The fourth-order valence-electron chi connectivity index (χ4n) is 1.83. The van der Waals surface area contributed by atoms with Crippen LogP contribution in [-0.4, -0.2) is 12.1 Å². The van der Waals surface area contributed by atoms with Gasteiger partial charge in [0.25, 0.3) is 0 Å². The molecule has 1 saturated carbocycles. The molecule has 1 fully saturated rings. The van der Waals surface area contributed by atoms with Crippen molar-refractivity contribution >= 4 is 0 Å². The minimum absolute atomic E-state index is 0.0664. The highest BCUT2D eigenvalue weighted by Gasteiger charge is 2.34. The molecule has 0 amide bonds. The van der Waals surface area contributed by atoms with Gasteiger partial charge in [-0.3, -0.25) is 0 Å². The minimum Gasteiger partial charge on any atom is -0.490 e. The second-order valence-electron chi connectivity index (χ2n) is 4.29. The SMILES string of the molecule is N#Cc1cc(OC2CC(N)C2)ccc1C(F)(F)F. The van der Waals surface area contributed by atoms with Crippen molar-refractivity contribution in [3.63, 3.8) is 0 Å². The summed E-state index contributed by atoms with van der Waals surface area (Å²) in [6, 6.07) is 4.85. The van der Waals surface area contributed by atoms with E-state index in [1.165, 1.54) is 12.1 Å². The first-order valence-corrected chi connectivity index (χ1v) is 5.43. The Morgan fingerprint density at radius 2 is 2.00 bits per heavy atom. The van der Waals surface area contributed by atoms with E-state index in [0.29, 0.717) is 12.8 Å². The zero-order valence-electron chi connectivity index (χ0n) is 9.37. The van der Waals surface area contributed by atoms with Gasteiger partial charge in [0.2, 0.25) is 0 Å². The fourth-order valence-corrected chi connectivity index (χ4v) is 1.83. The molecule has 6 heteroatoms. The number of ether oxygens (including phenoxy) is 1. The summed E-state index contributed by atoms with van der Waals surface area (Å²) in [4.78, 5) is 0. The number of benzene rings is 1. The molecule has 1 aromatic carbocycles. The predicted octanol–water partition coefficient (Wildman–Crippen LogP) is 2.45. The van der Waals surface area contributed by atoms with E-state index in [0.717, 1.165) is 12.1 Å². The Bertz CT molecular complexity index is 487. The van der Waals surface area contributed by atoms with Gasteiger partial charge in [0, 0.05) is 6.04 Å². The third kappa shape index (κ3) is 2.57. The van der Waals surface area contributed by atoms with Crippen LogP contribution < -0.4 is 10.5 Å². The van der Waals surface area contributed by atoms with Crippen molar-refractivity contribution in [1.82, 2.24) is 0 Å². The Morgan fingerprint density at radius 1 is 1.33 bits per heavy atom. The largest absolute Gasteiger partial charge is 0.490 e. The van der Waals surface area contributed by atoms with E-state index in [-0.39, 0.29) is 17.9 Å². The third-order valence-electron chi connectivity index (χ3n) is 2.85. The zero-order chi connectivity index (χ0) is 13.3. The molecule has 0 unspecified atom stereocenters. The molecule has 1 aromatic rings. The van der Waals surface area contributed by atoms with Crippen LogP contribution in [-0.2, 0) is 6.18 Å². The van der Waals surface area contributed by atoms with Crippen LogP contribution in [0.4, 0.5) is 13.2 Å². The van der Waals surface area contributed by atoms with Crippen molar-refractivity contribution in [3.05, 3.63) is 29.3 Å². The van der Waals surface area contributed by atoms with Crippen LogP contribution >= 0.6 is 0 Å². The van der Waals surface area contributed by atoms with Gasteiger partial charge in [-0.15, -0.1) is 0 Å². The van der Waals surface area contributed by atoms with Crippen LogP contribution in [0.1, 0.15) is 24.0 Å². The highest BCUT2D eigenvalue weighted by molar-refractivity contribution is 5.44. The lowest BCUT2D eigenvalue weighted by Gasteiger charge is -2.32. The van der Waals surface area contributed by atoms with E-state index in [1.54, 1.807) is 0 Å². The molecular formula is C12H11F3N2O. The number of nitriles is 1. The molecule has 1 aliphatic carbocycles. The molecule has 0 saturated heterocycles. The monoisotopic (exact) mass is 256 g/mol. The molecule has 96 valence electrons. The topological polar surface area (TPSA) is 59.0 Å². The average Bonchev–Trinajstić information content (AvgIpc) is 2.25. The Kier molecular flexibility index (Phi) is 3.18. The summed E-state index contributed by atoms with van der Waals surface area (Å²) < 4.78 is 43.1. The van der Waals surface area contributed by atoms with Gasteiger partial charge in [-0.1, -0.05) is 0 Å². The molecule has 1 aliphatic rings. The Labute approximate surface area is 102 Å². The van der Waals surface area contributed by atoms with Crippen molar-refractivity contribution in [2.24, 2.45) is 5.73 Å². The molecule has 0 aromatic heterocycles. The van der Waals surface area contributed by atoms with Gasteiger partial charge in [0.05, 0.1) is 17.2 Å². The summed E-state index contributed by atoms with van der Waals surface area (Å²) in [5.74, 6) is 0.274. The Morgan fingerprint density at radius 3 is 2.50 bits per heavy atom. The van der Waals surface area contributed by atoms with Crippen molar-refractivity contribution in [1.29, 1.82) is 5.26 Å². The molecule has 2 N–H and O–H groups in total. The van der Waals surface area contributed by atoms with Crippen LogP contribution in [0, 0.1) is 11.3 Å². The molecule has 0 aliphatic heterocycles. The van der Waals surface area contributed by atoms with Crippen LogP contribution in [0.15, 0.2) is 18.2 Å². The van der Waals surface area contributed by atoms with Gasteiger partial charge in [-0.05, 0) is 31.0 Å². The van der Waals surface area contributed by atoms with Crippen molar-refractivity contribution in [2.75, 3.05) is 0 Å². The first-order chi connectivity index (χ1) is 8.40. The van der Waals surface area contributed by atoms with Crippen molar-refractivity contribution in [3.8, 4) is 11.8 Å². The predicted molar refractivity (Wildman–Crippen MR) is 57.8 cm³/mol. The van der Waals surface area contributed by atoms with E-state index in [2.05, 4.69) is 0 Å². The summed E-state index contributed by atoms with van der Waals surface area (Å²) in [7, 11) is 0. The lowest BCUT2D eigenvalue weighted by atomic mass is 9.90. The van der Waals surface area contributed by atoms with Crippen molar-refractivity contribution < 1.29 is 17.9 Å². The highest BCUT2D eigenvalue weighted by Crippen LogP contribution is 2.34. The number of hydrogen-bond acceptors (Lipinski definition) is 3. The zero-order valence-corrected chi connectivity index (χ0v) is 9.37. The maximum absolute atomic E-state index is 12.5. The second-order valence-corrected chi connectivity index (χ2v) is 4.29. The van der Waals surface area contributed by atoms with Gasteiger partial charge in [0.1, 0.15) is 11.9 Å². The molecule has 0 atom stereocenters. The summed E-state index contributed by atoms with van der Waals surface area (Å²) in [5.41, 5.74) is 4.21. The lowest BCUT2D eigenvalue weighted by molar-refractivity contribution is -0.137. The standard InChI is InChI=1S/C12H11F3N2O/c13-12(14,15)11-2-1-9(3-7(11)6-16)18-10-4-8(17)5-10/h1-3,8,10H,4-5,17H2. The molecule has 2 rings (SSSR count). The molecule has 0 bridgehead atoms. The number of nitrogens with zero attached hydrogens (tertiary/aromatic N) is 1. The van der Waals surface area contributed by atoms with E-state index in [4.69, 9.17) is 15.7 Å². The van der Waals surface area contributed by atoms with Crippen LogP contribution in [0.25, 0.3) is 0 Å². The molecule has 0 heterocycles. The van der Waals surface area contributed by atoms with E-state index in [9.17, 15) is 13.2 Å². The van der Waals surface area contributed by atoms with Crippen LogP contribution in [0.5, 0.6) is 5.75 Å². The lowest BCUT2D eigenvalue weighted by Crippen LogP contribution is -2.43. The van der Waals surface area contributed by atoms with Gasteiger partial charge in [-0.2, -0.15) is 18.4 Å². The Hall–Kier alpha value is -1.74. The summed E-state index contributed by atoms with van der Waals surface area (Å²) in [5, 5.41) is 8.73. The molecule has 18 heavy (non-hydrogen) atoms. The van der Waals surface area contributed by atoms with Gasteiger partial charge in [0.15, 0.2) is 0 Å². The summed E-state index contributed by atoms with van der Waals surface area (Å²) in [6.07, 6.45) is -3.22. The first kappa shape index (κ1) is 12.7. The summed E-state index contributed by atoms with van der Waals surface area (Å²) >= 11 is 0. The second kappa shape index (κ2) is 4.50. The van der Waals surface area contributed by atoms with Crippen molar-refractivity contribution in [2.45, 2.75) is 31.2 Å². The Balaban J connectivity index is 2.18. The number of nitrogens with two attached hydrogens (primary N) is 1.